The largest absolute Gasteiger partial charge is 0.507 e. The van der Waals surface area contributed by atoms with Crippen LogP contribution in [0, 0.1) is 6.92 Å². The average molecular weight is 499 g/mol. The molecule has 0 saturated heterocycles. The lowest BCUT2D eigenvalue weighted by atomic mass is 10.0. The average Bonchev–Trinajstić information content (AvgIpc) is 2.70. The monoisotopic (exact) mass is 498 g/mol. The van der Waals surface area contributed by atoms with E-state index in [2.05, 4.69) is 0 Å². The standard InChI is InChI=1S/C23H27ClO10/c1-3-5-18(25)16-8-9-19(13(2)20(16)26)34-23(31,32)11-4-10-22(29,30)33-14-6-7-15(21(27)28)17(24)12-14/h6-9,12,26,29-32H,3-5,10-11H2,1-2H3,(H,27,28). The summed E-state index contributed by atoms with van der Waals surface area (Å²) in [7, 11) is 0. The first-order valence-corrected chi connectivity index (χ1v) is 10.8. The Morgan fingerprint density at radius 3 is 2.12 bits per heavy atom. The van der Waals surface area contributed by atoms with Gasteiger partial charge in [0.2, 0.25) is 0 Å². The number of carboxylic acid groups (broad SMARTS) is 1. The maximum Gasteiger partial charge on any atom is 0.337 e. The highest BCUT2D eigenvalue weighted by Crippen LogP contribution is 2.34. The summed E-state index contributed by atoms with van der Waals surface area (Å²) in [6.45, 7) is 3.28. The van der Waals surface area contributed by atoms with E-state index >= 15 is 0 Å². The van der Waals surface area contributed by atoms with Crippen LogP contribution in [0.25, 0.3) is 0 Å². The first-order chi connectivity index (χ1) is 15.8. The Kier molecular flexibility index (Phi) is 8.87. The lowest BCUT2D eigenvalue weighted by molar-refractivity contribution is -0.311. The van der Waals surface area contributed by atoms with Crippen LogP contribution in [-0.4, -0.2) is 54.3 Å². The van der Waals surface area contributed by atoms with Crippen molar-refractivity contribution in [2.45, 2.75) is 57.9 Å². The molecule has 0 fully saturated rings. The number of carboxylic acids is 1. The van der Waals surface area contributed by atoms with Crippen LogP contribution >= 0.6 is 11.6 Å². The number of hydrogen-bond donors (Lipinski definition) is 6. The first-order valence-electron chi connectivity index (χ1n) is 10.4. The zero-order valence-corrected chi connectivity index (χ0v) is 19.4. The van der Waals surface area contributed by atoms with Gasteiger partial charge in [-0.3, -0.25) is 4.79 Å². The summed E-state index contributed by atoms with van der Waals surface area (Å²) in [5.41, 5.74) is 0.0485. The molecule has 0 spiro atoms. The molecule has 0 aliphatic rings. The van der Waals surface area contributed by atoms with E-state index in [4.69, 9.17) is 26.2 Å². The number of aromatic carboxylic acids is 1. The second kappa shape index (κ2) is 11.0. The molecule has 0 saturated carbocycles. The Labute approximate surface area is 200 Å². The Morgan fingerprint density at radius 2 is 1.56 bits per heavy atom. The molecule has 2 aromatic carbocycles. The molecule has 2 aromatic rings. The Balaban J connectivity index is 1.98. The number of phenols is 1. The normalized spacial score (nSPS) is 11.9. The van der Waals surface area contributed by atoms with Crippen LogP contribution in [0.15, 0.2) is 30.3 Å². The molecule has 0 atom stereocenters. The first kappa shape index (κ1) is 27.4. The predicted molar refractivity (Wildman–Crippen MR) is 120 cm³/mol. The van der Waals surface area contributed by atoms with Gasteiger partial charge in [-0.1, -0.05) is 18.5 Å². The number of hydrogen-bond acceptors (Lipinski definition) is 9. The number of phenolic OH excluding ortho intramolecular Hbond substituents is 1. The summed E-state index contributed by atoms with van der Waals surface area (Å²) in [4.78, 5) is 23.0. The maximum atomic E-state index is 12.1. The van der Waals surface area contributed by atoms with E-state index < -0.39 is 30.8 Å². The summed E-state index contributed by atoms with van der Waals surface area (Å²) in [6.07, 6.45) is -0.299. The summed E-state index contributed by atoms with van der Waals surface area (Å²) >= 11 is 5.82. The number of aromatic hydroxyl groups is 1. The topological polar surface area (TPSA) is 174 Å². The minimum absolute atomic E-state index is 0.0702. The van der Waals surface area contributed by atoms with Crippen molar-refractivity contribution in [3.8, 4) is 17.2 Å². The third-order valence-electron chi connectivity index (χ3n) is 4.89. The van der Waals surface area contributed by atoms with Crippen molar-refractivity contribution in [3.05, 3.63) is 52.0 Å². The van der Waals surface area contributed by atoms with E-state index in [0.29, 0.717) is 6.42 Å². The van der Waals surface area contributed by atoms with Gasteiger partial charge in [0.1, 0.15) is 17.2 Å². The van der Waals surface area contributed by atoms with Crippen LogP contribution in [-0.2, 0) is 0 Å². The molecule has 0 radical (unpaired) electrons. The SMILES string of the molecule is CCCC(=O)c1ccc(OC(O)(O)CCCC(O)(O)Oc2ccc(C(=O)O)c(Cl)c2)c(C)c1O. The van der Waals surface area contributed by atoms with Gasteiger partial charge in [0.25, 0.3) is 0 Å². The molecule has 186 valence electrons. The van der Waals surface area contributed by atoms with Gasteiger partial charge in [-0.2, -0.15) is 0 Å². The van der Waals surface area contributed by atoms with E-state index in [9.17, 15) is 35.1 Å². The molecule has 0 heterocycles. The number of rotatable bonds is 12. The Bertz CT molecular complexity index is 1050. The zero-order chi connectivity index (χ0) is 25.7. The molecule has 2 rings (SSSR count). The Morgan fingerprint density at radius 1 is 0.971 bits per heavy atom. The fourth-order valence-electron chi connectivity index (χ4n) is 3.13. The second-order valence-corrected chi connectivity index (χ2v) is 8.16. The third-order valence-corrected chi connectivity index (χ3v) is 5.20. The second-order valence-electron chi connectivity index (χ2n) is 7.75. The van der Waals surface area contributed by atoms with E-state index in [1.165, 1.54) is 25.1 Å². The number of ether oxygens (including phenoxy) is 2. The molecule has 10 nitrogen and oxygen atoms in total. The van der Waals surface area contributed by atoms with Crippen molar-refractivity contribution in [2.75, 3.05) is 0 Å². The molecule has 11 heteroatoms. The highest BCUT2D eigenvalue weighted by atomic mass is 35.5. The summed E-state index contributed by atoms with van der Waals surface area (Å²) in [5, 5.41) is 59.5. The van der Waals surface area contributed by atoms with Gasteiger partial charge in [-0.25, -0.2) is 4.79 Å². The van der Waals surface area contributed by atoms with E-state index in [1.807, 2.05) is 6.92 Å². The molecule has 0 aliphatic heterocycles. The van der Waals surface area contributed by atoms with Crippen molar-refractivity contribution in [3.63, 3.8) is 0 Å². The van der Waals surface area contributed by atoms with Crippen LogP contribution in [0.1, 0.15) is 65.3 Å². The van der Waals surface area contributed by atoms with E-state index in [1.54, 1.807) is 0 Å². The zero-order valence-electron chi connectivity index (χ0n) is 18.6. The van der Waals surface area contributed by atoms with E-state index in [0.717, 1.165) is 12.1 Å². The number of halogens is 1. The molecule has 6 N–H and O–H groups in total. The highest BCUT2D eigenvalue weighted by Gasteiger charge is 2.32. The van der Waals surface area contributed by atoms with Crippen molar-refractivity contribution in [1.82, 2.24) is 0 Å². The fraction of sp³-hybridized carbons (Fsp3) is 0.391. The summed E-state index contributed by atoms with van der Waals surface area (Å²) in [6, 6.07) is 6.07. The summed E-state index contributed by atoms with van der Waals surface area (Å²) < 4.78 is 10.2. The molecular formula is C23H27ClO10. The highest BCUT2D eigenvalue weighted by molar-refractivity contribution is 6.33. The maximum absolute atomic E-state index is 12.1. The molecule has 0 unspecified atom stereocenters. The minimum Gasteiger partial charge on any atom is -0.507 e. The number of Topliss-reactive ketones (excluding diaryl/α,β-unsaturated/α-hetero) is 1. The molecular weight excluding hydrogens is 472 g/mol. The van der Waals surface area contributed by atoms with Crippen LogP contribution in [0.2, 0.25) is 5.02 Å². The van der Waals surface area contributed by atoms with Crippen molar-refractivity contribution >= 4 is 23.4 Å². The smallest absolute Gasteiger partial charge is 0.337 e. The number of carbonyl (C=O) groups excluding carboxylic acids is 1. The molecule has 0 bridgehead atoms. The molecule has 34 heavy (non-hydrogen) atoms. The molecule has 0 aromatic heterocycles. The number of benzene rings is 2. The predicted octanol–water partition coefficient (Wildman–Crippen LogP) is 2.94. The van der Waals surface area contributed by atoms with Crippen LogP contribution in [0.3, 0.4) is 0 Å². The van der Waals surface area contributed by atoms with Crippen molar-refractivity contribution < 1.29 is 49.7 Å². The van der Waals surface area contributed by atoms with Crippen LogP contribution in [0.4, 0.5) is 0 Å². The van der Waals surface area contributed by atoms with Gasteiger partial charge in [0.05, 0.1) is 16.1 Å². The molecule has 0 amide bonds. The quantitative estimate of drug-likeness (QED) is 0.188. The van der Waals surface area contributed by atoms with Crippen LogP contribution in [0.5, 0.6) is 17.2 Å². The number of ketones is 1. The fourth-order valence-corrected chi connectivity index (χ4v) is 3.38. The summed E-state index contributed by atoms with van der Waals surface area (Å²) in [5.74, 6) is -7.47. The Hall–Kier alpha value is -2.89. The van der Waals surface area contributed by atoms with Gasteiger partial charge in [-0.05, 0) is 50.1 Å². The van der Waals surface area contributed by atoms with Gasteiger partial charge in [-0.15, -0.1) is 0 Å². The van der Waals surface area contributed by atoms with Crippen LogP contribution < -0.4 is 9.47 Å². The van der Waals surface area contributed by atoms with E-state index in [-0.39, 0.29) is 57.6 Å². The van der Waals surface area contributed by atoms with Gasteiger partial charge in [0, 0.05) is 24.8 Å². The number of carbonyl (C=O) groups is 2. The molecule has 0 aliphatic carbocycles. The van der Waals surface area contributed by atoms with Gasteiger partial charge >= 0.3 is 17.9 Å². The lowest BCUT2D eigenvalue weighted by Crippen LogP contribution is -2.39. The minimum atomic E-state index is -2.73. The lowest BCUT2D eigenvalue weighted by Gasteiger charge is -2.26. The van der Waals surface area contributed by atoms with Gasteiger partial charge in [0.15, 0.2) is 5.78 Å². The van der Waals surface area contributed by atoms with Crippen molar-refractivity contribution in [2.24, 2.45) is 0 Å². The number of aliphatic hydroxyl groups is 4. The third kappa shape index (κ3) is 7.31. The van der Waals surface area contributed by atoms with Gasteiger partial charge < -0.3 is 40.1 Å². The van der Waals surface area contributed by atoms with Crippen molar-refractivity contribution in [1.29, 1.82) is 0 Å².